The molecule has 0 spiro atoms. The van der Waals surface area contributed by atoms with Crippen LogP contribution in [0.2, 0.25) is 0 Å². The van der Waals surface area contributed by atoms with E-state index in [2.05, 4.69) is 27.6 Å². The van der Waals surface area contributed by atoms with E-state index in [0.717, 1.165) is 10.7 Å². The van der Waals surface area contributed by atoms with Crippen LogP contribution in [0.5, 0.6) is 0 Å². The summed E-state index contributed by atoms with van der Waals surface area (Å²) in [7, 11) is 0. The summed E-state index contributed by atoms with van der Waals surface area (Å²) in [5.41, 5.74) is 2.25. The number of rotatable bonds is 2. The first kappa shape index (κ1) is 11.3. The highest BCUT2D eigenvalue weighted by atomic mass is 32.1. The molecule has 3 rings (SSSR count). The normalized spacial score (nSPS) is 14.4. The van der Waals surface area contributed by atoms with E-state index < -0.39 is 0 Å². The summed E-state index contributed by atoms with van der Waals surface area (Å²) in [6.07, 6.45) is 3.93. The average molecular weight is 254 g/mol. The Kier molecular flexibility index (Phi) is 3.29. The Balaban J connectivity index is 1.64. The smallest absolute Gasteiger partial charge is 0.168 e. The predicted octanol–water partition coefficient (Wildman–Crippen LogP) is 3.83. The van der Waals surface area contributed by atoms with Gasteiger partial charge in [0, 0.05) is 23.0 Å². The minimum atomic E-state index is 0.693. The molecule has 0 radical (unpaired) electrons. The lowest BCUT2D eigenvalue weighted by Crippen LogP contribution is -2.08. The molecule has 0 bridgehead atoms. The monoisotopic (exact) mass is 254 g/mol. The predicted molar refractivity (Wildman–Crippen MR) is 75.6 cm³/mol. The number of benzene rings is 1. The molecule has 2 aromatic rings. The van der Waals surface area contributed by atoms with Gasteiger partial charge in [-0.05, 0) is 30.9 Å². The van der Waals surface area contributed by atoms with Gasteiger partial charge in [-0.2, -0.15) is 0 Å². The molecule has 0 unspecified atom stereocenters. The summed E-state index contributed by atoms with van der Waals surface area (Å²) >= 11 is 1.64. The standard InChI is InChI=1S/C15H14N2S/c1-2-7-13(8-3-1)16-10-9-15-17-14(11-18-15)12-5-4-6-12/h1-3,7-8,11-12,16H,4-6H2. The van der Waals surface area contributed by atoms with E-state index in [-0.39, 0.29) is 0 Å². The van der Waals surface area contributed by atoms with E-state index in [1.165, 1.54) is 25.0 Å². The van der Waals surface area contributed by atoms with E-state index in [1.807, 2.05) is 30.3 Å². The molecule has 90 valence electrons. The largest absolute Gasteiger partial charge is 0.315 e. The Morgan fingerprint density at radius 3 is 2.78 bits per heavy atom. The molecule has 3 heteroatoms. The molecule has 1 aliphatic rings. The Morgan fingerprint density at radius 2 is 2.06 bits per heavy atom. The van der Waals surface area contributed by atoms with Crippen LogP contribution in [0, 0.1) is 12.0 Å². The van der Waals surface area contributed by atoms with Crippen molar-refractivity contribution in [2.45, 2.75) is 25.2 Å². The van der Waals surface area contributed by atoms with Gasteiger partial charge in [-0.15, -0.1) is 11.3 Å². The molecule has 0 aliphatic heterocycles. The van der Waals surface area contributed by atoms with E-state index in [9.17, 15) is 0 Å². The SMILES string of the molecule is C(#Cc1nc(C2CCC2)cs1)Nc1ccccc1. The molecular weight excluding hydrogens is 240 g/mol. The van der Waals surface area contributed by atoms with Crippen molar-refractivity contribution in [1.29, 1.82) is 0 Å². The van der Waals surface area contributed by atoms with Crippen molar-refractivity contribution in [3.63, 3.8) is 0 Å². The molecule has 1 aliphatic carbocycles. The van der Waals surface area contributed by atoms with Crippen LogP contribution >= 0.6 is 11.3 Å². The third kappa shape index (κ3) is 2.55. The summed E-state index contributed by atoms with van der Waals surface area (Å²) < 4.78 is 0. The average Bonchev–Trinajstić information content (AvgIpc) is 2.77. The first-order valence-corrected chi connectivity index (χ1v) is 7.07. The number of aromatic nitrogens is 1. The maximum absolute atomic E-state index is 4.57. The third-order valence-corrected chi connectivity index (χ3v) is 3.97. The lowest BCUT2D eigenvalue weighted by atomic mass is 9.83. The zero-order valence-corrected chi connectivity index (χ0v) is 10.8. The van der Waals surface area contributed by atoms with Gasteiger partial charge in [0.2, 0.25) is 0 Å². The van der Waals surface area contributed by atoms with Crippen molar-refractivity contribution >= 4 is 17.0 Å². The Bertz CT molecular complexity index is 573. The number of para-hydroxylation sites is 1. The summed E-state index contributed by atoms with van der Waals surface area (Å²) in [4.78, 5) is 4.57. The van der Waals surface area contributed by atoms with E-state index in [4.69, 9.17) is 0 Å². The van der Waals surface area contributed by atoms with E-state index in [0.29, 0.717) is 5.92 Å². The van der Waals surface area contributed by atoms with Crippen molar-refractivity contribution in [1.82, 2.24) is 4.98 Å². The molecule has 1 heterocycles. The molecule has 0 atom stereocenters. The minimum Gasteiger partial charge on any atom is -0.315 e. The first-order valence-electron chi connectivity index (χ1n) is 6.19. The van der Waals surface area contributed by atoms with Gasteiger partial charge in [0.1, 0.15) is 0 Å². The van der Waals surface area contributed by atoms with Gasteiger partial charge in [0.05, 0.1) is 5.69 Å². The highest BCUT2D eigenvalue weighted by Gasteiger charge is 2.21. The molecule has 0 saturated heterocycles. The van der Waals surface area contributed by atoms with E-state index >= 15 is 0 Å². The van der Waals surface area contributed by atoms with Crippen LogP contribution in [0.25, 0.3) is 0 Å². The highest BCUT2D eigenvalue weighted by molar-refractivity contribution is 7.10. The topological polar surface area (TPSA) is 24.9 Å². The maximum atomic E-state index is 4.57. The van der Waals surface area contributed by atoms with Gasteiger partial charge in [0.25, 0.3) is 0 Å². The highest BCUT2D eigenvalue weighted by Crippen LogP contribution is 2.36. The minimum absolute atomic E-state index is 0.693. The summed E-state index contributed by atoms with van der Waals surface area (Å²) in [6, 6.07) is 12.9. The van der Waals surface area contributed by atoms with Crippen LogP contribution in [-0.4, -0.2) is 4.98 Å². The second kappa shape index (κ2) is 5.24. The fraction of sp³-hybridized carbons (Fsp3) is 0.267. The summed E-state index contributed by atoms with van der Waals surface area (Å²) in [5.74, 6) is 3.76. The van der Waals surface area contributed by atoms with Crippen LogP contribution < -0.4 is 5.32 Å². The molecular formula is C15H14N2S. The lowest BCUT2D eigenvalue weighted by molar-refractivity contribution is 0.412. The lowest BCUT2D eigenvalue weighted by Gasteiger charge is -2.22. The quantitative estimate of drug-likeness (QED) is 0.650. The molecule has 1 aromatic carbocycles. The van der Waals surface area contributed by atoms with Crippen LogP contribution in [0.15, 0.2) is 35.7 Å². The molecule has 1 saturated carbocycles. The van der Waals surface area contributed by atoms with Crippen molar-refractivity contribution in [3.05, 3.63) is 46.4 Å². The number of nitrogens with one attached hydrogen (secondary N) is 1. The van der Waals surface area contributed by atoms with Gasteiger partial charge in [-0.1, -0.05) is 24.6 Å². The van der Waals surface area contributed by atoms with Crippen molar-refractivity contribution in [2.75, 3.05) is 5.32 Å². The van der Waals surface area contributed by atoms with Crippen LogP contribution in [0.3, 0.4) is 0 Å². The zero-order valence-electron chi connectivity index (χ0n) is 10.0. The second-order valence-electron chi connectivity index (χ2n) is 4.45. The number of hydrogen-bond donors (Lipinski definition) is 1. The number of thiazole rings is 1. The molecule has 2 nitrogen and oxygen atoms in total. The summed E-state index contributed by atoms with van der Waals surface area (Å²) in [5, 5.41) is 6.12. The number of nitrogens with zero attached hydrogens (tertiary/aromatic N) is 1. The number of anilines is 1. The van der Waals surface area contributed by atoms with Crippen molar-refractivity contribution in [2.24, 2.45) is 0 Å². The van der Waals surface area contributed by atoms with Crippen molar-refractivity contribution < 1.29 is 0 Å². The molecule has 0 amide bonds. The molecule has 1 N–H and O–H groups in total. The number of hydrogen-bond acceptors (Lipinski definition) is 3. The fourth-order valence-corrected chi connectivity index (χ4v) is 2.66. The second-order valence-corrected chi connectivity index (χ2v) is 5.30. The van der Waals surface area contributed by atoms with Crippen LogP contribution in [-0.2, 0) is 0 Å². The van der Waals surface area contributed by atoms with Crippen LogP contribution in [0.1, 0.15) is 35.9 Å². The van der Waals surface area contributed by atoms with E-state index in [1.54, 1.807) is 11.3 Å². The van der Waals surface area contributed by atoms with Gasteiger partial charge < -0.3 is 5.32 Å². The van der Waals surface area contributed by atoms with Gasteiger partial charge in [0.15, 0.2) is 5.01 Å². The zero-order chi connectivity index (χ0) is 12.2. The van der Waals surface area contributed by atoms with Gasteiger partial charge >= 0.3 is 0 Å². The van der Waals surface area contributed by atoms with Gasteiger partial charge in [-0.3, -0.25) is 0 Å². The third-order valence-electron chi connectivity index (χ3n) is 3.20. The Hall–Kier alpha value is -1.79. The first-order chi connectivity index (χ1) is 8.92. The Labute approximate surface area is 111 Å². The maximum Gasteiger partial charge on any atom is 0.168 e. The molecule has 18 heavy (non-hydrogen) atoms. The molecule has 1 fully saturated rings. The summed E-state index contributed by atoms with van der Waals surface area (Å²) in [6.45, 7) is 0. The van der Waals surface area contributed by atoms with Crippen LogP contribution in [0.4, 0.5) is 5.69 Å². The Morgan fingerprint density at radius 1 is 1.22 bits per heavy atom. The molecule has 1 aromatic heterocycles. The fourth-order valence-electron chi connectivity index (χ4n) is 1.91. The van der Waals surface area contributed by atoms with Gasteiger partial charge in [-0.25, -0.2) is 4.98 Å². The van der Waals surface area contributed by atoms with Crippen molar-refractivity contribution in [3.8, 4) is 12.0 Å².